The van der Waals surface area contributed by atoms with E-state index >= 15 is 0 Å². The molecule has 0 heterocycles. The zero-order chi connectivity index (χ0) is 14.7. The van der Waals surface area contributed by atoms with Crippen LogP contribution in [0.1, 0.15) is 11.1 Å². The number of benzene rings is 1. The van der Waals surface area contributed by atoms with E-state index < -0.39 is 6.10 Å². The second-order valence-corrected chi connectivity index (χ2v) is 3.97. The lowest BCUT2D eigenvalue weighted by molar-refractivity contribution is 0.292. The monoisotopic (exact) mass is 258 g/mol. The Hall–Kier alpha value is -3.38. The van der Waals surface area contributed by atoms with Gasteiger partial charge in [0.1, 0.15) is 41.5 Å². The zero-order valence-corrected chi connectivity index (χ0v) is 10.1. The lowest BCUT2D eigenvalue weighted by Crippen LogP contribution is -2.07. The van der Waals surface area contributed by atoms with Gasteiger partial charge in [0.15, 0.2) is 0 Å². The second-order valence-electron chi connectivity index (χ2n) is 3.97. The zero-order valence-electron chi connectivity index (χ0n) is 10.1. The van der Waals surface area contributed by atoms with Crippen molar-refractivity contribution in [2.24, 2.45) is 0 Å². The smallest absolute Gasteiger partial charge is 0.136 e. The van der Waals surface area contributed by atoms with Crippen LogP contribution in [-0.2, 0) is 0 Å². The minimum Gasteiger partial charge on any atom is -0.383 e. The molecule has 0 amide bonds. The van der Waals surface area contributed by atoms with Gasteiger partial charge in [-0.3, -0.25) is 0 Å². The van der Waals surface area contributed by atoms with E-state index in [0.29, 0.717) is 11.1 Å². The summed E-state index contributed by atoms with van der Waals surface area (Å²) < 4.78 is 0. The molecule has 0 atom stereocenters. The summed E-state index contributed by atoms with van der Waals surface area (Å²) in [4.78, 5) is 0. The molecule has 1 aliphatic carbocycles. The van der Waals surface area contributed by atoms with Crippen molar-refractivity contribution in [1.82, 2.24) is 0 Å². The molecule has 20 heavy (non-hydrogen) atoms. The van der Waals surface area contributed by atoms with Gasteiger partial charge in [-0.15, -0.1) is 0 Å². The quantitative estimate of drug-likeness (QED) is 0.710. The highest BCUT2D eigenvalue weighted by Gasteiger charge is 2.35. The van der Waals surface area contributed by atoms with Crippen LogP contribution in [0.2, 0.25) is 0 Å². The summed E-state index contributed by atoms with van der Waals surface area (Å²) in [5, 5.41) is 46.2. The van der Waals surface area contributed by atoms with Gasteiger partial charge in [0.25, 0.3) is 0 Å². The van der Waals surface area contributed by atoms with Gasteiger partial charge in [0, 0.05) is 11.1 Å². The largest absolute Gasteiger partial charge is 0.383 e. The lowest BCUT2D eigenvalue weighted by atomic mass is 10.0. The molecule has 0 spiro atoms. The van der Waals surface area contributed by atoms with E-state index in [1.54, 1.807) is 48.5 Å². The number of fused-ring (bicyclic) bond motifs is 1. The Morgan fingerprint density at radius 3 is 1.45 bits per heavy atom. The van der Waals surface area contributed by atoms with Crippen molar-refractivity contribution < 1.29 is 5.11 Å². The van der Waals surface area contributed by atoms with Gasteiger partial charge in [-0.2, -0.15) is 21.0 Å². The van der Waals surface area contributed by atoms with Gasteiger partial charge in [0.2, 0.25) is 0 Å². The Kier molecular flexibility index (Phi) is 3.32. The minimum absolute atomic E-state index is 0.142. The van der Waals surface area contributed by atoms with Crippen LogP contribution in [0.25, 0.3) is 11.1 Å². The van der Waals surface area contributed by atoms with Crippen LogP contribution in [0.15, 0.2) is 35.4 Å². The number of rotatable bonds is 0. The molecule has 0 bridgehead atoms. The SMILES string of the molecule is N#CC(C#N)=C1c2ccccc2C(=C(C#N)C#N)C1O. The predicted octanol–water partition coefficient (Wildman–Crippen LogP) is 1.66. The molecule has 92 valence electrons. The molecular weight excluding hydrogens is 252 g/mol. The summed E-state index contributed by atoms with van der Waals surface area (Å²) in [6, 6.07) is 13.6. The van der Waals surface area contributed by atoms with Crippen molar-refractivity contribution >= 4 is 11.1 Å². The molecule has 0 fully saturated rings. The highest BCUT2D eigenvalue weighted by Crippen LogP contribution is 2.43. The normalized spacial score (nSPS) is 12.7. The van der Waals surface area contributed by atoms with Crippen LogP contribution in [0.4, 0.5) is 0 Å². The van der Waals surface area contributed by atoms with E-state index in [9.17, 15) is 5.11 Å². The van der Waals surface area contributed by atoms with Crippen LogP contribution >= 0.6 is 0 Å². The Balaban J connectivity index is 2.92. The Morgan fingerprint density at radius 2 is 1.15 bits per heavy atom. The Labute approximate surface area is 115 Å². The number of nitrogens with zero attached hydrogens (tertiary/aromatic N) is 4. The number of hydrogen-bond donors (Lipinski definition) is 1. The van der Waals surface area contributed by atoms with Crippen molar-refractivity contribution in [3.8, 4) is 24.3 Å². The van der Waals surface area contributed by atoms with Gasteiger partial charge in [-0.05, 0) is 11.1 Å². The summed E-state index contributed by atoms with van der Waals surface area (Å²) in [7, 11) is 0. The maximum Gasteiger partial charge on any atom is 0.136 e. The third-order valence-corrected chi connectivity index (χ3v) is 3.04. The first-order chi connectivity index (χ1) is 9.69. The van der Waals surface area contributed by atoms with Crippen LogP contribution < -0.4 is 0 Å². The topological polar surface area (TPSA) is 115 Å². The molecule has 1 aromatic rings. The molecule has 0 unspecified atom stereocenters. The van der Waals surface area contributed by atoms with Crippen LogP contribution in [0, 0.1) is 45.3 Å². The van der Waals surface area contributed by atoms with E-state index in [1.165, 1.54) is 0 Å². The summed E-state index contributed by atoms with van der Waals surface area (Å²) in [6.07, 6.45) is -1.32. The highest BCUT2D eigenvalue weighted by molar-refractivity contribution is 6.01. The fraction of sp³-hybridized carbons (Fsp3) is 0.0667. The summed E-state index contributed by atoms with van der Waals surface area (Å²) in [5.41, 5.74) is 0.824. The molecule has 5 nitrogen and oxygen atoms in total. The van der Waals surface area contributed by atoms with E-state index in [0.717, 1.165) is 0 Å². The van der Waals surface area contributed by atoms with Crippen LogP contribution in [0.3, 0.4) is 0 Å². The predicted molar refractivity (Wildman–Crippen MR) is 68.7 cm³/mol. The maximum atomic E-state index is 10.3. The Morgan fingerprint density at radius 1 is 0.800 bits per heavy atom. The summed E-state index contributed by atoms with van der Waals surface area (Å²) >= 11 is 0. The maximum absolute atomic E-state index is 10.3. The van der Waals surface area contributed by atoms with Crippen LogP contribution in [0.5, 0.6) is 0 Å². The molecule has 2 rings (SSSR count). The van der Waals surface area contributed by atoms with Gasteiger partial charge in [0.05, 0.1) is 0 Å². The van der Waals surface area contributed by atoms with E-state index in [4.69, 9.17) is 21.0 Å². The van der Waals surface area contributed by atoms with Crippen molar-refractivity contribution in [2.45, 2.75) is 6.10 Å². The molecule has 1 aliphatic rings. The van der Waals surface area contributed by atoms with E-state index in [-0.39, 0.29) is 22.3 Å². The van der Waals surface area contributed by atoms with Crippen molar-refractivity contribution in [3.05, 3.63) is 46.5 Å². The van der Waals surface area contributed by atoms with Gasteiger partial charge >= 0.3 is 0 Å². The van der Waals surface area contributed by atoms with Gasteiger partial charge < -0.3 is 5.11 Å². The first-order valence-electron chi connectivity index (χ1n) is 5.56. The average molecular weight is 258 g/mol. The molecule has 0 saturated carbocycles. The van der Waals surface area contributed by atoms with Gasteiger partial charge in [-0.25, -0.2) is 0 Å². The van der Waals surface area contributed by atoms with Crippen LogP contribution in [-0.4, -0.2) is 11.2 Å². The van der Waals surface area contributed by atoms with Crippen molar-refractivity contribution in [3.63, 3.8) is 0 Å². The third kappa shape index (κ3) is 1.73. The first-order valence-corrected chi connectivity index (χ1v) is 5.56. The molecule has 5 heteroatoms. The average Bonchev–Trinajstić information content (AvgIpc) is 2.76. The number of hydrogen-bond acceptors (Lipinski definition) is 5. The number of aliphatic hydroxyl groups excluding tert-OH is 1. The lowest BCUT2D eigenvalue weighted by Gasteiger charge is -2.06. The second kappa shape index (κ2) is 5.09. The third-order valence-electron chi connectivity index (χ3n) is 3.04. The Bertz CT molecular complexity index is 718. The number of allylic oxidation sites excluding steroid dienone is 2. The summed E-state index contributed by atoms with van der Waals surface area (Å²) in [5.74, 6) is 0. The molecule has 1 aromatic carbocycles. The molecular formula is C15H6N4O. The molecule has 1 N–H and O–H groups in total. The minimum atomic E-state index is -1.32. The molecule has 0 saturated heterocycles. The van der Waals surface area contributed by atoms with Gasteiger partial charge in [-0.1, -0.05) is 24.3 Å². The molecule has 0 aromatic heterocycles. The fourth-order valence-corrected chi connectivity index (χ4v) is 2.23. The number of aliphatic hydroxyl groups is 1. The molecule has 0 aliphatic heterocycles. The fourth-order valence-electron chi connectivity index (χ4n) is 2.23. The standard InChI is InChI=1S/C15H6N4O/c16-5-9(6-17)13-11-3-1-2-4-12(11)14(15(13)20)10(7-18)8-19/h1-4,15,20H. The van der Waals surface area contributed by atoms with E-state index in [1.807, 2.05) is 0 Å². The van der Waals surface area contributed by atoms with E-state index in [2.05, 4.69) is 0 Å². The number of nitriles is 4. The van der Waals surface area contributed by atoms with Crippen molar-refractivity contribution in [2.75, 3.05) is 0 Å². The molecule has 0 radical (unpaired) electrons. The first kappa shape index (κ1) is 13.1. The van der Waals surface area contributed by atoms with Crippen molar-refractivity contribution in [1.29, 1.82) is 21.0 Å². The summed E-state index contributed by atoms with van der Waals surface area (Å²) in [6.45, 7) is 0. The highest BCUT2D eigenvalue weighted by atomic mass is 16.3.